The van der Waals surface area contributed by atoms with Crippen molar-refractivity contribution >= 4 is 5.69 Å². The van der Waals surface area contributed by atoms with E-state index in [0.717, 1.165) is 22.3 Å². The molecule has 3 aromatic rings. The van der Waals surface area contributed by atoms with Crippen LogP contribution in [0.5, 0.6) is 0 Å². The van der Waals surface area contributed by atoms with Crippen LogP contribution in [-0.4, -0.2) is 10.1 Å². The Morgan fingerprint density at radius 3 is 2.17 bits per heavy atom. The average Bonchev–Trinajstić information content (AvgIpc) is 2.95. The summed E-state index contributed by atoms with van der Waals surface area (Å²) in [6.07, 6.45) is 0. The molecule has 0 unspecified atom stereocenters. The van der Waals surface area contributed by atoms with E-state index in [9.17, 15) is 10.1 Å². The summed E-state index contributed by atoms with van der Waals surface area (Å²) in [6.45, 7) is 6.15. The lowest BCUT2D eigenvalue weighted by molar-refractivity contribution is -0.384. The van der Waals surface area contributed by atoms with Crippen molar-refractivity contribution in [1.29, 1.82) is 0 Å². The maximum Gasteiger partial charge on any atom is 0.269 e. The second-order valence-corrected chi connectivity index (χ2v) is 5.65. The van der Waals surface area contributed by atoms with Gasteiger partial charge in [-0.1, -0.05) is 22.9 Å². The molecule has 5 heteroatoms. The molecule has 1 heterocycles. The third-order valence-electron chi connectivity index (χ3n) is 3.81. The van der Waals surface area contributed by atoms with Gasteiger partial charge in [-0.25, -0.2) is 0 Å². The topological polar surface area (TPSA) is 69.2 Å². The van der Waals surface area contributed by atoms with Crippen molar-refractivity contribution in [3.05, 3.63) is 69.3 Å². The van der Waals surface area contributed by atoms with E-state index in [1.165, 1.54) is 17.7 Å². The van der Waals surface area contributed by atoms with Crippen molar-refractivity contribution in [2.75, 3.05) is 0 Å². The van der Waals surface area contributed by atoms with Gasteiger partial charge in [-0.2, -0.15) is 0 Å². The van der Waals surface area contributed by atoms with E-state index in [2.05, 4.69) is 24.2 Å². The van der Waals surface area contributed by atoms with E-state index in [-0.39, 0.29) is 5.69 Å². The van der Waals surface area contributed by atoms with Crippen LogP contribution in [0.15, 0.2) is 47.0 Å². The first-order valence-electron chi connectivity index (χ1n) is 7.25. The molecule has 0 amide bonds. The summed E-state index contributed by atoms with van der Waals surface area (Å²) < 4.78 is 5.50. The Balaban J connectivity index is 1.99. The van der Waals surface area contributed by atoms with Crippen molar-refractivity contribution in [3.63, 3.8) is 0 Å². The first-order valence-corrected chi connectivity index (χ1v) is 7.25. The first kappa shape index (κ1) is 15.0. The molecule has 1 aromatic heterocycles. The molecule has 0 aliphatic heterocycles. The van der Waals surface area contributed by atoms with Crippen molar-refractivity contribution in [3.8, 4) is 22.6 Å². The molecule has 0 saturated heterocycles. The van der Waals surface area contributed by atoms with Crippen LogP contribution >= 0.6 is 0 Å². The van der Waals surface area contributed by atoms with Gasteiger partial charge in [-0.3, -0.25) is 10.1 Å². The number of rotatable bonds is 3. The predicted octanol–water partition coefficient (Wildman–Crippen LogP) is 4.84. The van der Waals surface area contributed by atoms with Crippen LogP contribution in [0.1, 0.15) is 16.7 Å². The van der Waals surface area contributed by atoms with Crippen LogP contribution < -0.4 is 0 Å². The Kier molecular flexibility index (Phi) is 3.70. The molecule has 0 N–H and O–H groups in total. The molecule has 0 atom stereocenters. The minimum atomic E-state index is -0.420. The van der Waals surface area contributed by atoms with Crippen molar-refractivity contribution < 1.29 is 9.45 Å². The summed E-state index contributed by atoms with van der Waals surface area (Å²) in [4.78, 5) is 10.3. The minimum Gasteiger partial charge on any atom is -0.356 e. The molecule has 0 radical (unpaired) electrons. The maximum absolute atomic E-state index is 10.7. The summed E-state index contributed by atoms with van der Waals surface area (Å²) in [5.74, 6) is 0.702. The lowest BCUT2D eigenvalue weighted by Crippen LogP contribution is -1.88. The molecule has 0 saturated carbocycles. The largest absolute Gasteiger partial charge is 0.356 e. The van der Waals surface area contributed by atoms with Crippen LogP contribution in [0.3, 0.4) is 0 Å². The van der Waals surface area contributed by atoms with Crippen molar-refractivity contribution in [2.24, 2.45) is 0 Å². The lowest BCUT2D eigenvalue weighted by atomic mass is 9.97. The monoisotopic (exact) mass is 308 g/mol. The number of benzene rings is 2. The van der Waals surface area contributed by atoms with Gasteiger partial charge < -0.3 is 4.52 Å². The fourth-order valence-electron chi connectivity index (χ4n) is 2.85. The van der Waals surface area contributed by atoms with E-state index in [1.54, 1.807) is 12.1 Å². The number of aryl methyl sites for hydroxylation is 3. The van der Waals surface area contributed by atoms with Gasteiger partial charge in [-0.15, -0.1) is 0 Å². The van der Waals surface area contributed by atoms with Gasteiger partial charge in [0.15, 0.2) is 5.76 Å². The van der Waals surface area contributed by atoms with E-state index in [0.29, 0.717) is 11.5 Å². The highest BCUT2D eigenvalue weighted by atomic mass is 16.6. The third kappa shape index (κ3) is 2.85. The highest BCUT2D eigenvalue weighted by Gasteiger charge is 2.14. The normalized spacial score (nSPS) is 10.7. The van der Waals surface area contributed by atoms with Gasteiger partial charge in [0.05, 0.1) is 4.92 Å². The summed E-state index contributed by atoms with van der Waals surface area (Å²) in [6, 6.07) is 12.4. The summed E-state index contributed by atoms with van der Waals surface area (Å²) >= 11 is 0. The van der Waals surface area contributed by atoms with E-state index < -0.39 is 4.92 Å². The molecular formula is C18H16N2O3. The maximum atomic E-state index is 10.7. The number of hydrogen-bond acceptors (Lipinski definition) is 4. The highest BCUT2D eigenvalue weighted by Crippen LogP contribution is 2.31. The SMILES string of the molecule is Cc1cc(C)c(-c2cc(-c3ccc([N+](=O)[O-])cc3)no2)c(C)c1. The summed E-state index contributed by atoms with van der Waals surface area (Å²) in [5, 5.41) is 14.8. The third-order valence-corrected chi connectivity index (χ3v) is 3.81. The van der Waals surface area contributed by atoms with Gasteiger partial charge >= 0.3 is 0 Å². The molecule has 116 valence electrons. The smallest absolute Gasteiger partial charge is 0.269 e. The zero-order valence-electron chi connectivity index (χ0n) is 13.2. The van der Waals surface area contributed by atoms with Crippen molar-refractivity contribution in [2.45, 2.75) is 20.8 Å². The Morgan fingerprint density at radius 1 is 1.00 bits per heavy atom. The number of nitrogens with zero attached hydrogens (tertiary/aromatic N) is 2. The Morgan fingerprint density at radius 2 is 1.61 bits per heavy atom. The lowest BCUT2D eigenvalue weighted by Gasteiger charge is -2.07. The van der Waals surface area contributed by atoms with Crippen LogP contribution in [0, 0.1) is 30.9 Å². The molecule has 0 fully saturated rings. The van der Waals surface area contributed by atoms with Gasteiger partial charge in [0.2, 0.25) is 0 Å². The molecule has 0 aliphatic rings. The molecule has 0 aliphatic carbocycles. The Hall–Kier alpha value is -2.95. The molecule has 0 spiro atoms. The Bertz CT molecular complexity index is 857. The van der Waals surface area contributed by atoms with E-state index >= 15 is 0 Å². The molecule has 5 nitrogen and oxygen atoms in total. The van der Waals surface area contributed by atoms with Gasteiger partial charge in [-0.05, 0) is 44.0 Å². The van der Waals surface area contributed by atoms with Gasteiger partial charge in [0.25, 0.3) is 5.69 Å². The number of aromatic nitrogens is 1. The number of non-ortho nitro benzene ring substituents is 1. The second-order valence-electron chi connectivity index (χ2n) is 5.65. The number of hydrogen-bond donors (Lipinski definition) is 0. The molecule has 0 bridgehead atoms. The zero-order chi connectivity index (χ0) is 16.6. The minimum absolute atomic E-state index is 0.0580. The van der Waals surface area contributed by atoms with Crippen molar-refractivity contribution in [1.82, 2.24) is 5.16 Å². The zero-order valence-corrected chi connectivity index (χ0v) is 13.2. The average molecular weight is 308 g/mol. The molecule has 3 rings (SSSR count). The fourth-order valence-corrected chi connectivity index (χ4v) is 2.85. The Labute approximate surface area is 133 Å². The van der Waals surface area contributed by atoms with E-state index in [1.807, 2.05) is 19.9 Å². The standard InChI is InChI=1S/C18H16N2O3/c1-11-8-12(2)18(13(3)9-11)17-10-16(19-23-17)14-4-6-15(7-5-14)20(21)22/h4-10H,1-3H3. The first-order chi connectivity index (χ1) is 11.0. The molecular weight excluding hydrogens is 292 g/mol. The number of nitro benzene ring substituents is 1. The van der Waals surface area contributed by atoms with Crippen LogP contribution in [0.25, 0.3) is 22.6 Å². The number of nitro groups is 1. The summed E-state index contributed by atoms with van der Waals surface area (Å²) in [7, 11) is 0. The quantitative estimate of drug-likeness (QED) is 0.512. The van der Waals surface area contributed by atoms with Crippen LogP contribution in [-0.2, 0) is 0 Å². The second kappa shape index (κ2) is 5.68. The fraction of sp³-hybridized carbons (Fsp3) is 0.167. The van der Waals surface area contributed by atoms with Crippen LogP contribution in [0.4, 0.5) is 5.69 Å². The summed E-state index contributed by atoms with van der Waals surface area (Å²) in [5.41, 5.74) is 6.02. The predicted molar refractivity (Wildman–Crippen MR) is 88.2 cm³/mol. The van der Waals surface area contributed by atoms with Crippen LogP contribution in [0.2, 0.25) is 0 Å². The van der Waals surface area contributed by atoms with E-state index in [4.69, 9.17) is 4.52 Å². The van der Waals surface area contributed by atoms with Gasteiger partial charge in [0.1, 0.15) is 5.69 Å². The van der Waals surface area contributed by atoms with Gasteiger partial charge in [0, 0.05) is 29.3 Å². The molecule has 23 heavy (non-hydrogen) atoms. The molecule has 2 aromatic carbocycles. The highest BCUT2D eigenvalue weighted by molar-refractivity contribution is 5.71.